The molecule has 0 radical (unpaired) electrons. The zero-order chi connectivity index (χ0) is 17.3. The highest BCUT2D eigenvalue weighted by molar-refractivity contribution is 9.10. The molecule has 7 nitrogen and oxygen atoms in total. The number of carboxylic acids is 1. The van der Waals surface area contributed by atoms with Crippen molar-refractivity contribution in [3.8, 4) is 11.5 Å². The van der Waals surface area contributed by atoms with E-state index in [0.29, 0.717) is 4.47 Å². The molecule has 1 fully saturated rings. The quantitative estimate of drug-likeness (QED) is 0.851. The van der Waals surface area contributed by atoms with Crippen molar-refractivity contribution in [1.82, 2.24) is 9.88 Å². The zero-order valence-electron chi connectivity index (χ0n) is 12.2. The molecule has 1 aromatic heterocycles. The number of carbonyl (C=O) groups is 2. The standard InChI is InChI=1S/C15H12BrFN2O5/c16-8-1-2-9(10(17)5-8)13-18-11(7-24-13)14(20)19-3-4-23-12(6-19)15(21)22/h1-2,5,7,12H,3-4,6H2,(H,21,22). The van der Waals surface area contributed by atoms with Crippen molar-refractivity contribution in [2.24, 2.45) is 0 Å². The lowest BCUT2D eigenvalue weighted by atomic mass is 10.2. The lowest BCUT2D eigenvalue weighted by molar-refractivity contribution is -0.154. The third-order valence-corrected chi connectivity index (χ3v) is 4.01. The van der Waals surface area contributed by atoms with Gasteiger partial charge in [0, 0.05) is 11.0 Å². The van der Waals surface area contributed by atoms with Gasteiger partial charge in [0.1, 0.15) is 12.1 Å². The highest BCUT2D eigenvalue weighted by Crippen LogP contribution is 2.25. The molecule has 0 aliphatic carbocycles. The van der Waals surface area contributed by atoms with Gasteiger partial charge in [-0.1, -0.05) is 15.9 Å². The molecule has 1 aromatic carbocycles. The Hall–Kier alpha value is -2.26. The van der Waals surface area contributed by atoms with Crippen LogP contribution in [-0.2, 0) is 9.53 Å². The fourth-order valence-corrected chi connectivity index (χ4v) is 2.64. The summed E-state index contributed by atoms with van der Waals surface area (Å²) < 4.78 is 24.8. The summed E-state index contributed by atoms with van der Waals surface area (Å²) in [5.74, 6) is -2.18. The van der Waals surface area contributed by atoms with E-state index >= 15 is 0 Å². The summed E-state index contributed by atoms with van der Waals surface area (Å²) in [6, 6.07) is 4.37. The number of halogens is 2. The highest BCUT2D eigenvalue weighted by atomic mass is 79.9. The van der Waals surface area contributed by atoms with Gasteiger partial charge in [-0.05, 0) is 18.2 Å². The second kappa shape index (κ2) is 6.70. The topological polar surface area (TPSA) is 92.9 Å². The highest BCUT2D eigenvalue weighted by Gasteiger charge is 2.30. The Labute approximate surface area is 144 Å². The van der Waals surface area contributed by atoms with Crippen LogP contribution in [0.25, 0.3) is 11.5 Å². The van der Waals surface area contributed by atoms with Crippen molar-refractivity contribution in [1.29, 1.82) is 0 Å². The number of benzene rings is 1. The summed E-state index contributed by atoms with van der Waals surface area (Å²) in [6.45, 7) is 0.287. The Morgan fingerprint density at radius 2 is 2.21 bits per heavy atom. The molecule has 9 heteroatoms. The first-order chi connectivity index (χ1) is 11.5. The van der Waals surface area contributed by atoms with E-state index in [2.05, 4.69) is 20.9 Å². The lowest BCUT2D eigenvalue weighted by Gasteiger charge is -2.30. The van der Waals surface area contributed by atoms with E-state index in [1.54, 1.807) is 6.07 Å². The lowest BCUT2D eigenvalue weighted by Crippen LogP contribution is -2.48. The Morgan fingerprint density at radius 1 is 1.42 bits per heavy atom. The summed E-state index contributed by atoms with van der Waals surface area (Å²) >= 11 is 3.16. The third-order valence-electron chi connectivity index (χ3n) is 3.51. The van der Waals surface area contributed by atoms with Crippen LogP contribution in [0.2, 0.25) is 0 Å². The summed E-state index contributed by atoms with van der Waals surface area (Å²) in [4.78, 5) is 28.7. The predicted molar refractivity (Wildman–Crippen MR) is 82.9 cm³/mol. The molecule has 2 heterocycles. The largest absolute Gasteiger partial charge is 0.479 e. The van der Waals surface area contributed by atoms with Gasteiger partial charge < -0.3 is 19.2 Å². The van der Waals surface area contributed by atoms with Crippen LogP contribution in [0.1, 0.15) is 10.5 Å². The van der Waals surface area contributed by atoms with E-state index < -0.39 is 23.8 Å². The molecule has 2 aromatic rings. The first-order valence-electron chi connectivity index (χ1n) is 7.00. The molecule has 126 valence electrons. The molecule has 3 rings (SSSR count). The van der Waals surface area contributed by atoms with Crippen molar-refractivity contribution >= 4 is 27.8 Å². The SMILES string of the molecule is O=C(O)C1CN(C(=O)c2coc(-c3ccc(Br)cc3F)n2)CCO1. The minimum absolute atomic E-state index is 0.0154. The van der Waals surface area contributed by atoms with Crippen LogP contribution in [0.5, 0.6) is 0 Å². The molecule has 1 N–H and O–H groups in total. The molecule has 1 aliphatic heterocycles. The number of amides is 1. The van der Waals surface area contributed by atoms with Gasteiger partial charge in [0.15, 0.2) is 11.8 Å². The Kier molecular flexibility index (Phi) is 4.63. The molecular weight excluding hydrogens is 387 g/mol. The molecule has 0 spiro atoms. The second-order valence-electron chi connectivity index (χ2n) is 5.11. The minimum Gasteiger partial charge on any atom is -0.479 e. The molecule has 1 aliphatic rings. The van der Waals surface area contributed by atoms with Crippen molar-refractivity contribution in [2.45, 2.75) is 6.10 Å². The summed E-state index contributed by atoms with van der Waals surface area (Å²) in [5, 5.41) is 8.97. The summed E-state index contributed by atoms with van der Waals surface area (Å²) in [6.07, 6.45) is 0.0580. The van der Waals surface area contributed by atoms with Gasteiger partial charge in [-0.25, -0.2) is 14.2 Å². The van der Waals surface area contributed by atoms with Crippen LogP contribution in [0.4, 0.5) is 4.39 Å². The van der Waals surface area contributed by atoms with Crippen molar-refractivity contribution in [2.75, 3.05) is 19.7 Å². The van der Waals surface area contributed by atoms with Gasteiger partial charge >= 0.3 is 5.97 Å². The second-order valence-corrected chi connectivity index (χ2v) is 6.03. The van der Waals surface area contributed by atoms with Crippen LogP contribution in [0.3, 0.4) is 0 Å². The van der Waals surface area contributed by atoms with Crippen molar-refractivity contribution in [3.05, 3.63) is 40.4 Å². The minimum atomic E-state index is -1.13. The van der Waals surface area contributed by atoms with Gasteiger partial charge in [0.2, 0.25) is 5.89 Å². The normalized spacial score (nSPS) is 17.8. The van der Waals surface area contributed by atoms with Crippen LogP contribution >= 0.6 is 15.9 Å². The first-order valence-corrected chi connectivity index (χ1v) is 7.79. The molecular formula is C15H12BrFN2O5. The number of hydrogen-bond donors (Lipinski definition) is 1. The molecule has 1 saturated heterocycles. The maximum Gasteiger partial charge on any atom is 0.334 e. The number of aromatic nitrogens is 1. The van der Waals surface area contributed by atoms with E-state index in [1.165, 1.54) is 17.0 Å². The maximum atomic E-state index is 13.9. The van der Waals surface area contributed by atoms with Crippen molar-refractivity contribution in [3.63, 3.8) is 0 Å². The van der Waals surface area contributed by atoms with Crippen LogP contribution in [0.15, 0.2) is 33.4 Å². The fourth-order valence-electron chi connectivity index (χ4n) is 2.30. The Morgan fingerprint density at radius 3 is 2.92 bits per heavy atom. The van der Waals surface area contributed by atoms with Gasteiger partial charge in [-0.3, -0.25) is 4.79 Å². The van der Waals surface area contributed by atoms with Crippen LogP contribution < -0.4 is 0 Å². The van der Waals surface area contributed by atoms with E-state index in [1.807, 2.05) is 0 Å². The number of hydrogen-bond acceptors (Lipinski definition) is 5. The Balaban J connectivity index is 1.80. The average molecular weight is 399 g/mol. The number of morpholine rings is 1. The first kappa shape index (κ1) is 16.6. The number of nitrogens with zero attached hydrogens (tertiary/aromatic N) is 2. The van der Waals surface area contributed by atoms with Crippen molar-refractivity contribution < 1.29 is 28.2 Å². The van der Waals surface area contributed by atoms with Gasteiger partial charge in [0.25, 0.3) is 5.91 Å². The van der Waals surface area contributed by atoms with E-state index in [9.17, 15) is 14.0 Å². The van der Waals surface area contributed by atoms with Gasteiger partial charge in [-0.15, -0.1) is 0 Å². The third kappa shape index (κ3) is 3.31. The maximum absolute atomic E-state index is 13.9. The van der Waals surface area contributed by atoms with E-state index in [-0.39, 0.29) is 36.8 Å². The number of aliphatic carboxylic acids is 1. The molecule has 24 heavy (non-hydrogen) atoms. The summed E-state index contributed by atoms with van der Waals surface area (Å²) in [5.41, 5.74) is 0.112. The molecule has 0 bridgehead atoms. The number of oxazole rings is 1. The predicted octanol–water partition coefficient (Wildman–Crippen LogP) is 2.17. The smallest absolute Gasteiger partial charge is 0.334 e. The van der Waals surface area contributed by atoms with Gasteiger partial charge in [0.05, 0.1) is 18.7 Å². The van der Waals surface area contributed by atoms with Gasteiger partial charge in [-0.2, -0.15) is 0 Å². The van der Waals surface area contributed by atoms with Crippen LogP contribution in [0, 0.1) is 5.82 Å². The molecule has 1 amide bonds. The van der Waals surface area contributed by atoms with E-state index in [0.717, 1.165) is 6.26 Å². The number of carbonyl (C=O) groups excluding carboxylic acids is 1. The average Bonchev–Trinajstić information content (AvgIpc) is 3.04. The summed E-state index contributed by atoms with van der Waals surface area (Å²) in [7, 11) is 0. The van der Waals surface area contributed by atoms with E-state index in [4.69, 9.17) is 14.3 Å². The fraction of sp³-hybridized carbons (Fsp3) is 0.267. The molecule has 1 atom stereocenters. The number of rotatable bonds is 3. The molecule has 1 unspecified atom stereocenters. The number of carboxylic acid groups (broad SMARTS) is 1. The number of ether oxygens (including phenoxy) is 1. The molecule has 0 saturated carbocycles. The Bertz CT molecular complexity index is 794. The van der Waals surface area contributed by atoms with Crippen LogP contribution in [-0.4, -0.2) is 52.7 Å². The zero-order valence-corrected chi connectivity index (χ0v) is 13.8. The monoisotopic (exact) mass is 398 g/mol.